The van der Waals surface area contributed by atoms with E-state index in [1.54, 1.807) is 24.3 Å². The van der Waals surface area contributed by atoms with E-state index in [9.17, 15) is 27.9 Å². The van der Waals surface area contributed by atoms with Crippen LogP contribution in [-0.4, -0.2) is 53.7 Å². The molecule has 0 radical (unpaired) electrons. The number of rotatable bonds is 9. The highest BCUT2D eigenvalue weighted by atomic mass is 35.5. The Morgan fingerprint density at radius 3 is 1.86 bits per heavy atom. The summed E-state index contributed by atoms with van der Waals surface area (Å²) in [6, 6.07) is 11.3. The van der Waals surface area contributed by atoms with E-state index in [0.29, 0.717) is 36.5 Å². The van der Waals surface area contributed by atoms with E-state index in [2.05, 4.69) is 15.4 Å². The SMILES string of the molecule is O=C(COc1ccc(OC(F)(F)F)cc1)NC12CCC(NC(=O)COc3ccc(Cl)cc3)(CC1)[C@@H](O)C2. The molecule has 1 atom stereocenters. The topological polar surface area (TPSA) is 106 Å². The highest BCUT2D eigenvalue weighted by molar-refractivity contribution is 6.30. The molecule has 2 aromatic rings. The monoisotopic (exact) mass is 542 g/mol. The zero-order valence-electron chi connectivity index (χ0n) is 19.6. The summed E-state index contributed by atoms with van der Waals surface area (Å²) in [7, 11) is 0. The molecule has 3 saturated carbocycles. The van der Waals surface area contributed by atoms with Crippen LogP contribution in [0, 0.1) is 0 Å². The van der Waals surface area contributed by atoms with Gasteiger partial charge in [-0.25, -0.2) is 0 Å². The summed E-state index contributed by atoms with van der Waals surface area (Å²) in [5.41, 5.74) is -1.42. The zero-order chi connectivity index (χ0) is 26.7. The van der Waals surface area contributed by atoms with Gasteiger partial charge in [0.25, 0.3) is 11.8 Å². The molecule has 8 nitrogen and oxygen atoms in total. The van der Waals surface area contributed by atoms with Crippen LogP contribution in [0.2, 0.25) is 5.02 Å². The molecule has 0 aromatic heterocycles. The highest BCUT2D eigenvalue weighted by Gasteiger charge is 2.55. The van der Waals surface area contributed by atoms with Gasteiger partial charge in [-0.15, -0.1) is 13.2 Å². The van der Waals surface area contributed by atoms with E-state index in [-0.39, 0.29) is 31.3 Å². The lowest BCUT2D eigenvalue weighted by atomic mass is 9.60. The Labute approximate surface area is 216 Å². The van der Waals surface area contributed by atoms with E-state index >= 15 is 0 Å². The van der Waals surface area contributed by atoms with Gasteiger partial charge >= 0.3 is 6.36 Å². The summed E-state index contributed by atoms with van der Waals surface area (Å²) in [5.74, 6) is -0.463. The molecule has 3 N–H and O–H groups in total. The molecule has 0 aliphatic heterocycles. The Morgan fingerprint density at radius 1 is 0.865 bits per heavy atom. The number of fused-ring (bicyclic) bond motifs is 3. The van der Waals surface area contributed by atoms with Crippen LogP contribution in [-0.2, 0) is 9.59 Å². The first-order chi connectivity index (χ1) is 17.5. The number of hydrogen-bond donors (Lipinski definition) is 3. The number of halogens is 4. The number of aliphatic hydroxyl groups is 1. The molecule has 12 heteroatoms. The van der Waals surface area contributed by atoms with E-state index in [4.69, 9.17) is 21.1 Å². The molecule has 5 rings (SSSR count). The van der Waals surface area contributed by atoms with Gasteiger partial charge < -0.3 is 30.0 Å². The van der Waals surface area contributed by atoms with Crippen LogP contribution in [0.25, 0.3) is 0 Å². The fourth-order valence-corrected chi connectivity index (χ4v) is 5.00. The maximum atomic E-state index is 12.5. The second-order valence-corrected chi connectivity index (χ2v) is 9.74. The third-order valence-electron chi connectivity index (χ3n) is 6.73. The van der Waals surface area contributed by atoms with Gasteiger partial charge in [-0.2, -0.15) is 0 Å². The number of amides is 2. The molecule has 0 heterocycles. The van der Waals surface area contributed by atoms with Crippen molar-refractivity contribution >= 4 is 23.4 Å². The van der Waals surface area contributed by atoms with Crippen LogP contribution in [0.4, 0.5) is 13.2 Å². The van der Waals surface area contributed by atoms with Gasteiger partial charge in [-0.05, 0) is 80.6 Å². The number of nitrogens with one attached hydrogen (secondary N) is 2. The van der Waals surface area contributed by atoms with Gasteiger partial charge in [0, 0.05) is 10.6 Å². The first-order valence-electron chi connectivity index (χ1n) is 11.6. The van der Waals surface area contributed by atoms with Crippen molar-refractivity contribution in [1.29, 1.82) is 0 Å². The molecular weight excluding hydrogens is 517 g/mol. The number of benzene rings is 2. The van der Waals surface area contributed by atoms with Gasteiger partial charge in [-0.3, -0.25) is 9.59 Å². The number of ether oxygens (including phenoxy) is 3. The number of carbonyl (C=O) groups is 2. The summed E-state index contributed by atoms with van der Waals surface area (Å²) in [4.78, 5) is 25.1. The predicted molar refractivity (Wildman–Crippen MR) is 126 cm³/mol. The average molecular weight is 543 g/mol. The van der Waals surface area contributed by atoms with Crippen LogP contribution in [0.15, 0.2) is 48.5 Å². The maximum absolute atomic E-state index is 12.5. The van der Waals surface area contributed by atoms with Crippen molar-refractivity contribution in [2.24, 2.45) is 0 Å². The zero-order valence-corrected chi connectivity index (χ0v) is 20.4. The molecule has 2 amide bonds. The smallest absolute Gasteiger partial charge is 0.484 e. The van der Waals surface area contributed by atoms with Gasteiger partial charge in [0.15, 0.2) is 13.2 Å². The molecule has 200 valence electrons. The Bertz CT molecular complexity index is 1100. The Morgan fingerprint density at radius 2 is 1.35 bits per heavy atom. The van der Waals surface area contributed by atoms with E-state index in [1.165, 1.54) is 12.1 Å². The minimum atomic E-state index is -4.79. The number of aliphatic hydroxyl groups excluding tert-OH is 1. The predicted octanol–water partition coefficient (Wildman–Crippen LogP) is 3.75. The largest absolute Gasteiger partial charge is 0.573 e. The molecule has 3 fully saturated rings. The maximum Gasteiger partial charge on any atom is 0.573 e. The Balaban J connectivity index is 1.24. The first-order valence-corrected chi connectivity index (χ1v) is 12.0. The number of carbonyl (C=O) groups excluding carboxylic acids is 2. The lowest BCUT2D eigenvalue weighted by molar-refractivity contribution is -0.274. The summed E-state index contributed by atoms with van der Waals surface area (Å²) in [6.07, 6.45) is -3.34. The third-order valence-corrected chi connectivity index (χ3v) is 6.98. The van der Waals surface area contributed by atoms with Gasteiger partial charge in [-0.1, -0.05) is 11.6 Å². The highest BCUT2D eigenvalue weighted by Crippen LogP contribution is 2.47. The van der Waals surface area contributed by atoms with E-state index in [1.807, 2.05) is 0 Å². The summed E-state index contributed by atoms with van der Waals surface area (Å²) < 4.78 is 51.4. The average Bonchev–Trinajstić information content (AvgIpc) is 2.83. The van der Waals surface area contributed by atoms with Gasteiger partial charge in [0.1, 0.15) is 17.2 Å². The minimum absolute atomic E-state index is 0.206. The van der Waals surface area contributed by atoms with Crippen LogP contribution >= 0.6 is 11.6 Å². The van der Waals surface area contributed by atoms with Gasteiger partial charge in [0.2, 0.25) is 0 Å². The molecule has 0 spiro atoms. The fraction of sp³-hybridized carbons (Fsp3) is 0.440. The van der Waals surface area contributed by atoms with Crippen molar-refractivity contribution in [2.45, 2.75) is 55.6 Å². The van der Waals surface area contributed by atoms with E-state index in [0.717, 1.165) is 12.1 Å². The van der Waals surface area contributed by atoms with Gasteiger partial charge in [0.05, 0.1) is 11.6 Å². The molecule has 0 unspecified atom stereocenters. The molecule has 37 heavy (non-hydrogen) atoms. The number of hydrogen-bond acceptors (Lipinski definition) is 6. The normalized spacial score (nSPS) is 24.7. The second kappa shape index (κ2) is 10.7. The lowest BCUT2D eigenvalue weighted by Crippen LogP contribution is -2.70. The number of alkyl halides is 3. The summed E-state index contributed by atoms with van der Waals surface area (Å²) in [6.45, 7) is -0.556. The van der Waals surface area contributed by atoms with Crippen LogP contribution < -0.4 is 24.8 Å². The molecular formula is C25H26ClF3N2O6. The summed E-state index contributed by atoms with van der Waals surface area (Å²) in [5, 5.41) is 17.3. The minimum Gasteiger partial charge on any atom is -0.484 e. The molecule has 3 aliphatic rings. The molecule has 2 aromatic carbocycles. The van der Waals surface area contributed by atoms with Crippen LogP contribution in [0.5, 0.6) is 17.2 Å². The summed E-state index contributed by atoms with van der Waals surface area (Å²) >= 11 is 5.84. The third kappa shape index (κ3) is 6.98. The molecule has 3 aliphatic carbocycles. The Hall–Kier alpha value is -3.18. The van der Waals surface area contributed by atoms with Crippen molar-refractivity contribution in [2.75, 3.05) is 13.2 Å². The Kier molecular flexibility index (Phi) is 7.75. The van der Waals surface area contributed by atoms with Crippen LogP contribution in [0.1, 0.15) is 32.1 Å². The first kappa shape index (κ1) is 26.9. The second-order valence-electron chi connectivity index (χ2n) is 9.30. The van der Waals surface area contributed by atoms with Crippen LogP contribution in [0.3, 0.4) is 0 Å². The molecule has 2 bridgehead atoms. The van der Waals surface area contributed by atoms with Crippen molar-refractivity contribution in [1.82, 2.24) is 10.6 Å². The van der Waals surface area contributed by atoms with Crippen molar-refractivity contribution in [3.63, 3.8) is 0 Å². The molecule has 0 saturated heterocycles. The van der Waals surface area contributed by atoms with Crippen molar-refractivity contribution < 1.29 is 42.1 Å². The quantitative estimate of drug-likeness (QED) is 0.446. The van der Waals surface area contributed by atoms with Crippen molar-refractivity contribution in [3.8, 4) is 17.2 Å². The standard InChI is InChI=1S/C25H26ClF3N2O6/c26-16-1-3-17(4-2-16)36-15-22(34)31-24-11-9-23(10-12-24,13-20(24)32)30-21(33)14-35-18-5-7-19(8-6-18)37-25(27,28)29/h1-8,20,32H,9-15H2,(H,30,33)(H,31,34)/t20-,23?,24?/m0/s1. The fourth-order valence-electron chi connectivity index (χ4n) is 4.87. The van der Waals surface area contributed by atoms with E-state index < -0.39 is 35.2 Å². The lowest BCUT2D eigenvalue weighted by Gasteiger charge is -2.56. The van der Waals surface area contributed by atoms with Crippen molar-refractivity contribution in [3.05, 3.63) is 53.6 Å².